The minimum atomic E-state index is 0.142. The number of rotatable bonds is 6. The SMILES string of the molecule is CNC(CC(C)C)c1ncc(OC)nc1OC. The van der Waals surface area contributed by atoms with E-state index in [0.29, 0.717) is 17.7 Å². The van der Waals surface area contributed by atoms with Crippen LogP contribution in [0.4, 0.5) is 0 Å². The predicted octanol–water partition coefficient (Wildman–Crippen LogP) is 1.80. The van der Waals surface area contributed by atoms with E-state index in [1.54, 1.807) is 20.4 Å². The third-order valence-corrected chi connectivity index (χ3v) is 2.53. The molecule has 96 valence electrons. The molecule has 0 saturated heterocycles. The number of methoxy groups -OCH3 is 2. The van der Waals surface area contributed by atoms with E-state index in [0.717, 1.165) is 12.1 Å². The van der Waals surface area contributed by atoms with Gasteiger partial charge in [-0.3, -0.25) is 0 Å². The molecule has 0 spiro atoms. The van der Waals surface area contributed by atoms with Crippen LogP contribution in [0.3, 0.4) is 0 Å². The molecular weight excluding hydrogens is 218 g/mol. The summed E-state index contributed by atoms with van der Waals surface area (Å²) >= 11 is 0. The highest BCUT2D eigenvalue weighted by atomic mass is 16.5. The Bertz CT molecular complexity index is 356. The summed E-state index contributed by atoms with van der Waals surface area (Å²) in [4.78, 5) is 8.61. The van der Waals surface area contributed by atoms with Crippen molar-refractivity contribution in [3.8, 4) is 11.8 Å². The minimum absolute atomic E-state index is 0.142. The van der Waals surface area contributed by atoms with Crippen molar-refractivity contribution in [2.75, 3.05) is 21.3 Å². The maximum Gasteiger partial charge on any atom is 0.240 e. The van der Waals surface area contributed by atoms with Gasteiger partial charge in [0.2, 0.25) is 11.8 Å². The molecule has 1 rings (SSSR count). The van der Waals surface area contributed by atoms with Gasteiger partial charge in [0, 0.05) is 0 Å². The van der Waals surface area contributed by atoms with Crippen molar-refractivity contribution in [3.63, 3.8) is 0 Å². The molecule has 0 aliphatic heterocycles. The Labute approximate surface area is 103 Å². The molecule has 17 heavy (non-hydrogen) atoms. The van der Waals surface area contributed by atoms with E-state index in [-0.39, 0.29) is 6.04 Å². The van der Waals surface area contributed by atoms with Gasteiger partial charge >= 0.3 is 0 Å². The Balaban J connectivity index is 3.01. The first-order chi connectivity index (χ1) is 8.12. The Morgan fingerprint density at radius 2 is 2.00 bits per heavy atom. The quantitative estimate of drug-likeness (QED) is 0.820. The van der Waals surface area contributed by atoms with Crippen LogP contribution in [0, 0.1) is 5.92 Å². The van der Waals surface area contributed by atoms with Crippen molar-refractivity contribution in [3.05, 3.63) is 11.9 Å². The lowest BCUT2D eigenvalue weighted by Crippen LogP contribution is -2.20. The van der Waals surface area contributed by atoms with Crippen molar-refractivity contribution in [2.24, 2.45) is 5.92 Å². The van der Waals surface area contributed by atoms with E-state index in [9.17, 15) is 0 Å². The Kier molecular flexibility index (Phi) is 5.15. The molecule has 1 N–H and O–H groups in total. The molecule has 1 aromatic rings. The average Bonchev–Trinajstić information content (AvgIpc) is 2.35. The lowest BCUT2D eigenvalue weighted by Gasteiger charge is -2.19. The van der Waals surface area contributed by atoms with Crippen LogP contribution in [-0.4, -0.2) is 31.2 Å². The predicted molar refractivity (Wildman–Crippen MR) is 66.4 cm³/mol. The zero-order valence-electron chi connectivity index (χ0n) is 11.2. The summed E-state index contributed by atoms with van der Waals surface area (Å²) < 4.78 is 10.3. The molecule has 0 aliphatic rings. The Morgan fingerprint density at radius 1 is 1.29 bits per heavy atom. The van der Waals surface area contributed by atoms with Crippen LogP contribution in [0.2, 0.25) is 0 Å². The highest BCUT2D eigenvalue weighted by molar-refractivity contribution is 5.25. The van der Waals surface area contributed by atoms with Crippen LogP contribution in [0.15, 0.2) is 6.20 Å². The van der Waals surface area contributed by atoms with Crippen LogP contribution in [0.25, 0.3) is 0 Å². The van der Waals surface area contributed by atoms with Crippen molar-refractivity contribution in [1.82, 2.24) is 15.3 Å². The topological polar surface area (TPSA) is 56.3 Å². The van der Waals surface area contributed by atoms with Crippen molar-refractivity contribution >= 4 is 0 Å². The fourth-order valence-electron chi connectivity index (χ4n) is 1.69. The molecule has 1 aromatic heterocycles. The summed E-state index contributed by atoms with van der Waals surface area (Å²) in [5.41, 5.74) is 0.824. The monoisotopic (exact) mass is 239 g/mol. The van der Waals surface area contributed by atoms with Gasteiger partial charge in [-0.2, -0.15) is 4.98 Å². The fourth-order valence-corrected chi connectivity index (χ4v) is 1.69. The normalized spacial score (nSPS) is 12.6. The van der Waals surface area contributed by atoms with Crippen LogP contribution < -0.4 is 14.8 Å². The number of ether oxygens (including phenoxy) is 2. The maximum absolute atomic E-state index is 5.26. The lowest BCUT2D eigenvalue weighted by atomic mass is 10.0. The van der Waals surface area contributed by atoms with Gasteiger partial charge in [-0.1, -0.05) is 13.8 Å². The number of nitrogens with zero attached hydrogens (tertiary/aromatic N) is 2. The molecule has 1 unspecified atom stereocenters. The van der Waals surface area contributed by atoms with Gasteiger partial charge in [0.05, 0.1) is 26.5 Å². The second kappa shape index (κ2) is 6.39. The summed E-state index contributed by atoms with van der Waals surface area (Å²) in [6.45, 7) is 4.35. The molecule has 0 radical (unpaired) electrons. The molecule has 0 saturated carbocycles. The molecule has 1 heterocycles. The Morgan fingerprint density at radius 3 is 2.47 bits per heavy atom. The van der Waals surface area contributed by atoms with E-state index in [2.05, 4.69) is 29.1 Å². The standard InChI is InChI=1S/C12H21N3O2/c1-8(2)6-9(13-3)11-12(17-5)15-10(16-4)7-14-11/h7-9,13H,6H2,1-5H3. The van der Waals surface area contributed by atoms with Gasteiger partial charge in [-0.25, -0.2) is 4.98 Å². The van der Waals surface area contributed by atoms with E-state index in [1.807, 2.05) is 7.05 Å². The second-order valence-electron chi connectivity index (χ2n) is 4.28. The number of hydrogen-bond donors (Lipinski definition) is 1. The molecule has 0 aromatic carbocycles. The lowest BCUT2D eigenvalue weighted by molar-refractivity contribution is 0.344. The average molecular weight is 239 g/mol. The van der Waals surface area contributed by atoms with E-state index >= 15 is 0 Å². The molecule has 0 bridgehead atoms. The Hall–Kier alpha value is -1.36. The van der Waals surface area contributed by atoms with Crippen LogP contribution >= 0.6 is 0 Å². The first-order valence-corrected chi connectivity index (χ1v) is 5.74. The van der Waals surface area contributed by atoms with Crippen molar-refractivity contribution in [1.29, 1.82) is 0 Å². The van der Waals surface area contributed by atoms with Crippen LogP contribution in [0.5, 0.6) is 11.8 Å². The molecule has 0 aliphatic carbocycles. The van der Waals surface area contributed by atoms with Gasteiger partial charge in [-0.15, -0.1) is 0 Å². The first kappa shape index (κ1) is 13.7. The number of hydrogen-bond acceptors (Lipinski definition) is 5. The third kappa shape index (κ3) is 3.56. The second-order valence-corrected chi connectivity index (χ2v) is 4.28. The number of nitrogens with one attached hydrogen (secondary N) is 1. The number of aromatic nitrogens is 2. The molecule has 5 heteroatoms. The summed E-state index contributed by atoms with van der Waals surface area (Å²) in [7, 11) is 5.07. The third-order valence-electron chi connectivity index (χ3n) is 2.53. The van der Waals surface area contributed by atoms with Crippen molar-refractivity contribution in [2.45, 2.75) is 26.3 Å². The van der Waals surface area contributed by atoms with E-state index in [4.69, 9.17) is 9.47 Å². The van der Waals surface area contributed by atoms with Crippen molar-refractivity contribution < 1.29 is 9.47 Å². The highest BCUT2D eigenvalue weighted by Gasteiger charge is 2.19. The van der Waals surface area contributed by atoms with Gasteiger partial charge in [-0.05, 0) is 19.4 Å². The molecule has 0 fully saturated rings. The summed E-state index contributed by atoms with van der Waals surface area (Å²) in [6.07, 6.45) is 2.59. The van der Waals surface area contributed by atoms with E-state index < -0.39 is 0 Å². The molecule has 0 amide bonds. The highest BCUT2D eigenvalue weighted by Crippen LogP contribution is 2.27. The molecule has 5 nitrogen and oxygen atoms in total. The zero-order chi connectivity index (χ0) is 12.8. The van der Waals surface area contributed by atoms with Gasteiger partial charge < -0.3 is 14.8 Å². The smallest absolute Gasteiger partial charge is 0.240 e. The van der Waals surface area contributed by atoms with Gasteiger partial charge in [0.15, 0.2) is 0 Å². The van der Waals surface area contributed by atoms with E-state index in [1.165, 1.54) is 0 Å². The zero-order valence-corrected chi connectivity index (χ0v) is 11.2. The van der Waals surface area contributed by atoms with Gasteiger partial charge in [0.1, 0.15) is 5.69 Å². The summed E-state index contributed by atoms with van der Waals surface area (Å²) in [6, 6.07) is 0.142. The summed E-state index contributed by atoms with van der Waals surface area (Å²) in [5, 5.41) is 3.24. The largest absolute Gasteiger partial charge is 0.480 e. The maximum atomic E-state index is 5.26. The fraction of sp³-hybridized carbons (Fsp3) is 0.667. The minimum Gasteiger partial charge on any atom is -0.480 e. The van der Waals surface area contributed by atoms with Gasteiger partial charge in [0.25, 0.3) is 0 Å². The van der Waals surface area contributed by atoms with Crippen LogP contribution in [0.1, 0.15) is 32.0 Å². The molecular formula is C12H21N3O2. The molecule has 1 atom stereocenters. The summed E-state index contributed by atoms with van der Waals surface area (Å²) in [5.74, 6) is 1.55. The first-order valence-electron chi connectivity index (χ1n) is 5.74. The van der Waals surface area contributed by atoms with Crippen LogP contribution in [-0.2, 0) is 0 Å².